The molecule has 164 valence electrons. The molecule has 2 amide bonds. The summed E-state index contributed by atoms with van der Waals surface area (Å²) < 4.78 is 20.1. The minimum absolute atomic E-state index is 0.157. The second-order valence-corrected chi connectivity index (χ2v) is 7.47. The summed E-state index contributed by atoms with van der Waals surface area (Å²) >= 11 is 0. The molecule has 1 heterocycles. The van der Waals surface area contributed by atoms with Gasteiger partial charge in [-0.3, -0.25) is 9.69 Å². The van der Waals surface area contributed by atoms with Crippen molar-refractivity contribution in [1.29, 1.82) is 0 Å². The molecule has 0 bridgehead atoms. The van der Waals surface area contributed by atoms with Gasteiger partial charge in [0.15, 0.2) is 0 Å². The Hall–Kier alpha value is -3.39. The van der Waals surface area contributed by atoms with E-state index >= 15 is 0 Å². The minimum Gasteiger partial charge on any atom is -0.442 e. The Morgan fingerprint density at radius 1 is 1.32 bits per heavy atom. The first-order chi connectivity index (χ1) is 14.9. The fraction of sp³-hybridized carbons (Fsp3) is 0.304. The molecule has 1 saturated heterocycles. The van der Waals surface area contributed by atoms with E-state index in [9.17, 15) is 14.0 Å². The lowest BCUT2D eigenvalue weighted by atomic mass is 10.0. The average Bonchev–Trinajstić information content (AvgIpc) is 3.12. The highest BCUT2D eigenvalue weighted by molar-refractivity contribution is 5.90. The Kier molecular flexibility index (Phi) is 7.25. The Labute approximate surface area is 181 Å². The molecule has 2 unspecified atom stereocenters. The highest BCUT2D eigenvalue weighted by atomic mass is 19.1. The Balaban J connectivity index is 1.67. The number of amides is 2. The molecule has 4 N–H and O–H groups in total. The van der Waals surface area contributed by atoms with Gasteiger partial charge in [0.1, 0.15) is 11.9 Å². The van der Waals surface area contributed by atoms with Crippen molar-refractivity contribution in [3.63, 3.8) is 0 Å². The van der Waals surface area contributed by atoms with Crippen molar-refractivity contribution in [3.8, 4) is 11.1 Å². The lowest BCUT2D eigenvalue weighted by molar-refractivity contribution is -0.119. The molecule has 2 atom stereocenters. The van der Waals surface area contributed by atoms with Crippen molar-refractivity contribution < 1.29 is 18.7 Å². The van der Waals surface area contributed by atoms with E-state index in [1.54, 1.807) is 12.1 Å². The first kappa shape index (κ1) is 22.3. The van der Waals surface area contributed by atoms with Crippen molar-refractivity contribution in [1.82, 2.24) is 10.6 Å². The molecule has 0 spiro atoms. The molecular formula is C23H27FN4O3. The van der Waals surface area contributed by atoms with E-state index < -0.39 is 18.0 Å². The van der Waals surface area contributed by atoms with Crippen LogP contribution in [0.25, 0.3) is 11.1 Å². The van der Waals surface area contributed by atoms with Gasteiger partial charge < -0.3 is 21.1 Å². The van der Waals surface area contributed by atoms with Crippen LogP contribution in [-0.4, -0.2) is 37.2 Å². The molecule has 2 aromatic rings. The molecule has 0 aliphatic carbocycles. The molecule has 0 saturated carbocycles. The molecule has 1 aliphatic rings. The average molecular weight is 426 g/mol. The van der Waals surface area contributed by atoms with Crippen LogP contribution in [0.5, 0.6) is 0 Å². The van der Waals surface area contributed by atoms with Gasteiger partial charge in [-0.05, 0) is 42.4 Å². The van der Waals surface area contributed by atoms with Gasteiger partial charge >= 0.3 is 6.09 Å². The van der Waals surface area contributed by atoms with Crippen LogP contribution in [0.2, 0.25) is 0 Å². The van der Waals surface area contributed by atoms with Crippen LogP contribution in [0.1, 0.15) is 19.4 Å². The van der Waals surface area contributed by atoms with E-state index in [0.29, 0.717) is 17.8 Å². The van der Waals surface area contributed by atoms with Crippen molar-refractivity contribution in [2.24, 2.45) is 5.73 Å². The Bertz CT molecular complexity index is 962. The maximum atomic E-state index is 14.8. The summed E-state index contributed by atoms with van der Waals surface area (Å²) in [6.45, 7) is 4.54. The number of anilines is 1. The molecule has 7 nitrogen and oxygen atoms in total. The number of carbonyl (C=O) groups is 2. The van der Waals surface area contributed by atoms with Crippen LogP contribution in [0, 0.1) is 5.82 Å². The Morgan fingerprint density at radius 2 is 2.06 bits per heavy atom. The lowest BCUT2D eigenvalue weighted by Crippen LogP contribution is -2.33. The summed E-state index contributed by atoms with van der Waals surface area (Å²) in [6, 6.07) is 12.5. The summed E-state index contributed by atoms with van der Waals surface area (Å²) in [5.74, 6) is -0.628. The van der Waals surface area contributed by atoms with E-state index in [0.717, 1.165) is 11.1 Å². The van der Waals surface area contributed by atoms with Crippen molar-refractivity contribution in [3.05, 3.63) is 66.1 Å². The third kappa shape index (κ3) is 5.82. The van der Waals surface area contributed by atoms with Gasteiger partial charge in [-0.1, -0.05) is 30.3 Å². The number of cyclic esters (lactones) is 1. The predicted molar refractivity (Wildman–Crippen MR) is 118 cm³/mol. The summed E-state index contributed by atoms with van der Waals surface area (Å²) in [5, 5.41) is 5.94. The first-order valence-electron chi connectivity index (χ1n) is 10.1. The topological polar surface area (TPSA) is 96.7 Å². The lowest BCUT2D eigenvalue weighted by Gasteiger charge is -2.15. The zero-order chi connectivity index (χ0) is 22.4. The van der Waals surface area contributed by atoms with Crippen LogP contribution < -0.4 is 21.3 Å². The van der Waals surface area contributed by atoms with Crippen molar-refractivity contribution in [2.45, 2.75) is 32.5 Å². The molecule has 1 fully saturated rings. The van der Waals surface area contributed by atoms with E-state index in [4.69, 9.17) is 10.5 Å². The largest absolute Gasteiger partial charge is 0.442 e. The molecule has 31 heavy (non-hydrogen) atoms. The number of nitrogens with zero attached hydrogens (tertiary/aromatic N) is 1. The fourth-order valence-corrected chi connectivity index (χ4v) is 3.32. The van der Waals surface area contributed by atoms with Crippen LogP contribution in [0.3, 0.4) is 0 Å². The number of ether oxygens (including phenoxy) is 1. The maximum absolute atomic E-state index is 14.8. The second kappa shape index (κ2) is 10.1. The number of nitrogens with two attached hydrogens (primary N) is 1. The number of carbonyl (C=O) groups excluding carboxylic acids is 2. The third-order valence-corrected chi connectivity index (χ3v) is 5.01. The SMILES string of the molecule is CC(=O)NCC1CN(c2ccc(-c3ccc(CNC(C)/C=C/N)cc3)c(F)c2)C(=O)O1. The maximum Gasteiger partial charge on any atom is 0.414 e. The number of rotatable bonds is 8. The number of hydrogen-bond donors (Lipinski definition) is 3. The summed E-state index contributed by atoms with van der Waals surface area (Å²) in [6.07, 6.45) is 2.35. The van der Waals surface area contributed by atoms with Crippen molar-refractivity contribution in [2.75, 3.05) is 18.0 Å². The second-order valence-electron chi connectivity index (χ2n) is 7.47. The molecule has 8 heteroatoms. The molecular weight excluding hydrogens is 399 g/mol. The number of benzene rings is 2. The number of hydrogen-bond acceptors (Lipinski definition) is 5. The monoisotopic (exact) mass is 426 g/mol. The highest BCUT2D eigenvalue weighted by Gasteiger charge is 2.32. The first-order valence-corrected chi connectivity index (χ1v) is 10.1. The van der Waals surface area contributed by atoms with Gasteiger partial charge in [0.2, 0.25) is 5.91 Å². The van der Waals surface area contributed by atoms with Gasteiger partial charge in [0.25, 0.3) is 0 Å². The van der Waals surface area contributed by atoms with Crippen LogP contribution in [0.15, 0.2) is 54.7 Å². The van der Waals surface area contributed by atoms with Gasteiger partial charge in [-0.15, -0.1) is 0 Å². The third-order valence-electron chi connectivity index (χ3n) is 5.01. The van der Waals surface area contributed by atoms with Gasteiger partial charge in [-0.25, -0.2) is 9.18 Å². The van der Waals surface area contributed by atoms with Crippen LogP contribution >= 0.6 is 0 Å². The molecule has 0 radical (unpaired) electrons. The van der Waals surface area contributed by atoms with E-state index in [1.807, 2.05) is 37.3 Å². The zero-order valence-electron chi connectivity index (χ0n) is 17.6. The molecule has 3 rings (SSSR count). The fourth-order valence-electron chi connectivity index (χ4n) is 3.32. The number of halogens is 1. The number of nitrogens with one attached hydrogen (secondary N) is 2. The summed E-state index contributed by atoms with van der Waals surface area (Å²) in [5.41, 5.74) is 8.07. The molecule has 1 aliphatic heterocycles. The Morgan fingerprint density at radius 3 is 2.71 bits per heavy atom. The van der Waals surface area contributed by atoms with Crippen molar-refractivity contribution >= 4 is 17.7 Å². The van der Waals surface area contributed by atoms with Gasteiger partial charge in [-0.2, -0.15) is 0 Å². The van der Waals surface area contributed by atoms with Crippen LogP contribution in [-0.2, 0) is 16.1 Å². The molecule has 2 aromatic carbocycles. The minimum atomic E-state index is -0.557. The van der Waals surface area contributed by atoms with Crippen LogP contribution in [0.4, 0.5) is 14.9 Å². The van der Waals surface area contributed by atoms with Gasteiger partial charge in [0.05, 0.1) is 18.8 Å². The quantitative estimate of drug-likeness (QED) is 0.603. The van der Waals surface area contributed by atoms with E-state index in [-0.39, 0.29) is 25.0 Å². The zero-order valence-corrected chi connectivity index (χ0v) is 17.6. The van der Waals surface area contributed by atoms with E-state index in [1.165, 1.54) is 24.1 Å². The van der Waals surface area contributed by atoms with E-state index in [2.05, 4.69) is 10.6 Å². The summed E-state index contributed by atoms with van der Waals surface area (Å²) in [7, 11) is 0. The predicted octanol–water partition coefficient (Wildman–Crippen LogP) is 2.90. The smallest absolute Gasteiger partial charge is 0.414 e. The normalized spacial score (nSPS) is 17.1. The molecule has 0 aromatic heterocycles. The summed E-state index contributed by atoms with van der Waals surface area (Å²) in [4.78, 5) is 24.5. The van der Waals surface area contributed by atoms with Gasteiger partial charge in [0, 0.05) is 25.1 Å². The highest BCUT2D eigenvalue weighted by Crippen LogP contribution is 2.29. The standard InChI is InChI=1S/C23H27FN4O3/c1-15(9-10-25)26-12-17-3-5-18(6-4-17)21-8-7-19(11-22(21)24)28-14-20(31-23(28)30)13-27-16(2)29/h3-11,15,20,26H,12-14,25H2,1-2H3,(H,27,29)/b10-9+.